The van der Waals surface area contributed by atoms with E-state index in [4.69, 9.17) is 16.3 Å². The van der Waals surface area contributed by atoms with Crippen molar-refractivity contribution >= 4 is 17.4 Å². The molecule has 120 valence electrons. The van der Waals surface area contributed by atoms with E-state index in [2.05, 4.69) is 9.89 Å². The van der Waals surface area contributed by atoms with Crippen LogP contribution in [0.2, 0.25) is 5.02 Å². The zero-order chi connectivity index (χ0) is 15.7. The Balaban J connectivity index is 1.91. The number of aliphatic imine (C=N–C) groups is 1. The molecule has 0 aliphatic carbocycles. The van der Waals surface area contributed by atoms with Gasteiger partial charge in [-0.3, -0.25) is 15.7 Å². The van der Waals surface area contributed by atoms with Gasteiger partial charge in [-0.2, -0.15) is 0 Å². The second-order valence-corrected chi connectivity index (χ2v) is 6.12. The van der Waals surface area contributed by atoms with Crippen LogP contribution < -0.4 is 10.2 Å². The van der Waals surface area contributed by atoms with Gasteiger partial charge in [0.05, 0.1) is 18.7 Å². The summed E-state index contributed by atoms with van der Waals surface area (Å²) in [5.41, 5.74) is 2.17. The van der Waals surface area contributed by atoms with Gasteiger partial charge in [0, 0.05) is 6.54 Å². The number of ether oxygens (including phenoxy) is 1. The molecule has 0 aromatic heterocycles. The van der Waals surface area contributed by atoms with Gasteiger partial charge in [-0.15, -0.1) is 0 Å². The molecule has 0 spiro atoms. The quantitative estimate of drug-likeness (QED) is 0.508. The predicted molar refractivity (Wildman–Crippen MR) is 82.4 cm³/mol. The smallest absolute Gasteiger partial charge is 0.156 e. The van der Waals surface area contributed by atoms with Crippen LogP contribution in [0.4, 0.5) is 4.39 Å². The average molecular weight is 328 g/mol. The molecule has 0 amide bonds. The Kier molecular flexibility index (Phi) is 4.52. The fourth-order valence-electron chi connectivity index (χ4n) is 3.28. The predicted octanol–water partition coefficient (Wildman–Crippen LogP) is 2.31. The third-order valence-corrected chi connectivity index (χ3v) is 4.90. The van der Waals surface area contributed by atoms with Gasteiger partial charge in [0.15, 0.2) is 11.7 Å². The summed E-state index contributed by atoms with van der Waals surface area (Å²) in [5, 5.41) is 9.27. The molecular formula is C15H19ClFN3O2. The summed E-state index contributed by atoms with van der Waals surface area (Å²) in [6.45, 7) is 3.05. The van der Waals surface area contributed by atoms with E-state index < -0.39 is 5.82 Å². The molecule has 2 bridgehead atoms. The largest absolute Gasteiger partial charge is 0.495 e. The lowest BCUT2D eigenvalue weighted by atomic mass is 9.84. The number of nitrogens with zero attached hydrogens (tertiary/aromatic N) is 2. The molecule has 5 nitrogen and oxygen atoms in total. The first-order chi connectivity index (χ1) is 10.6. The van der Waals surface area contributed by atoms with E-state index in [0.29, 0.717) is 5.92 Å². The molecule has 3 aliphatic heterocycles. The second-order valence-electron chi connectivity index (χ2n) is 5.74. The molecule has 3 aliphatic rings. The van der Waals surface area contributed by atoms with Crippen LogP contribution in [0, 0.1) is 11.7 Å². The van der Waals surface area contributed by atoms with Crippen molar-refractivity contribution in [1.29, 1.82) is 0 Å². The molecule has 3 saturated heterocycles. The molecule has 1 aromatic carbocycles. The van der Waals surface area contributed by atoms with E-state index in [0.717, 1.165) is 32.5 Å². The summed E-state index contributed by atoms with van der Waals surface area (Å²) in [4.78, 5) is 6.89. The number of hydrogen-bond donors (Lipinski definition) is 2. The summed E-state index contributed by atoms with van der Waals surface area (Å²) in [6.07, 6.45) is 2.19. The maximum Gasteiger partial charge on any atom is 0.156 e. The normalized spacial score (nSPS) is 27.8. The Bertz CT molecular complexity index is 588. The molecular weight excluding hydrogens is 309 g/mol. The highest BCUT2D eigenvalue weighted by Crippen LogP contribution is 2.32. The number of nitrogens with one attached hydrogen (secondary N) is 1. The molecule has 4 rings (SSSR count). The molecule has 1 atom stereocenters. The van der Waals surface area contributed by atoms with Crippen molar-refractivity contribution in [3.05, 3.63) is 28.5 Å². The number of hydroxylamine groups is 1. The van der Waals surface area contributed by atoms with Crippen molar-refractivity contribution in [1.82, 2.24) is 10.4 Å². The number of amidine groups is 1. The van der Waals surface area contributed by atoms with Gasteiger partial charge >= 0.3 is 0 Å². The molecule has 2 N–H and O–H groups in total. The lowest BCUT2D eigenvalue weighted by molar-refractivity contribution is 0.0898. The number of rotatable bonds is 3. The van der Waals surface area contributed by atoms with Crippen LogP contribution in [0.25, 0.3) is 0 Å². The highest BCUT2D eigenvalue weighted by molar-refractivity contribution is 6.32. The van der Waals surface area contributed by atoms with Crippen LogP contribution in [0.15, 0.2) is 17.1 Å². The van der Waals surface area contributed by atoms with E-state index in [-0.39, 0.29) is 28.2 Å². The van der Waals surface area contributed by atoms with Gasteiger partial charge < -0.3 is 9.64 Å². The zero-order valence-electron chi connectivity index (χ0n) is 12.4. The Morgan fingerprint density at radius 3 is 2.73 bits per heavy atom. The van der Waals surface area contributed by atoms with Gasteiger partial charge in [-0.25, -0.2) is 4.39 Å². The maximum atomic E-state index is 14.4. The van der Waals surface area contributed by atoms with Crippen molar-refractivity contribution in [3.63, 3.8) is 0 Å². The number of piperidine rings is 3. The lowest BCUT2D eigenvalue weighted by Crippen LogP contribution is -2.50. The van der Waals surface area contributed by atoms with E-state index >= 15 is 0 Å². The summed E-state index contributed by atoms with van der Waals surface area (Å²) in [7, 11) is 1.42. The minimum absolute atomic E-state index is 0.0671. The highest BCUT2D eigenvalue weighted by Gasteiger charge is 2.34. The highest BCUT2D eigenvalue weighted by atomic mass is 35.5. The lowest BCUT2D eigenvalue weighted by Gasteiger charge is -2.43. The summed E-state index contributed by atoms with van der Waals surface area (Å²) in [6, 6.07) is 3.13. The summed E-state index contributed by atoms with van der Waals surface area (Å²) in [5.74, 6) is 0.205. The topological polar surface area (TPSA) is 57.1 Å². The molecule has 3 heterocycles. The second kappa shape index (κ2) is 6.40. The van der Waals surface area contributed by atoms with Crippen molar-refractivity contribution < 1.29 is 14.3 Å². The number of fused-ring (bicyclic) bond motifs is 3. The van der Waals surface area contributed by atoms with Crippen LogP contribution >= 0.6 is 11.6 Å². The molecule has 0 radical (unpaired) electrons. The number of hydrogen-bond acceptors (Lipinski definition) is 4. The van der Waals surface area contributed by atoms with E-state index in [9.17, 15) is 9.60 Å². The fourth-order valence-corrected chi connectivity index (χ4v) is 3.52. The molecule has 0 unspecified atom stereocenters. The van der Waals surface area contributed by atoms with Crippen LogP contribution in [0.1, 0.15) is 18.4 Å². The van der Waals surface area contributed by atoms with Crippen molar-refractivity contribution in [2.75, 3.05) is 26.7 Å². The SMILES string of the molecule is COc1ccc(C(=N[C@H]2CN3CCC2CC3)NO)c(F)c1Cl. The van der Waals surface area contributed by atoms with Gasteiger partial charge in [0.1, 0.15) is 10.8 Å². The van der Waals surface area contributed by atoms with Crippen LogP contribution in [-0.4, -0.2) is 48.7 Å². The molecule has 7 heteroatoms. The third-order valence-electron chi connectivity index (χ3n) is 4.54. The molecule has 1 aromatic rings. The van der Waals surface area contributed by atoms with Gasteiger partial charge in [-0.1, -0.05) is 11.6 Å². The molecule has 3 fully saturated rings. The first-order valence-corrected chi connectivity index (χ1v) is 7.74. The number of methoxy groups -OCH3 is 1. The van der Waals surface area contributed by atoms with Crippen molar-refractivity contribution in [2.24, 2.45) is 10.9 Å². The Morgan fingerprint density at radius 1 is 1.45 bits per heavy atom. The fraction of sp³-hybridized carbons (Fsp3) is 0.533. The Labute approximate surface area is 133 Å². The van der Waals surface area contributed by atoms with Crippen molar-refractivity contribution in [3.8, 4) is 5.75 Å². The monoisotopic (exact) mass is 327 g/mol. The Morgan fingerprint density at radius 2 is 2.18 bits per heavy atom. The van der Waals surface area contributed by atoms with Crippen molar-refractivity contribution in [2.45, 2.75) is 18.9 Å². The zero-order valence-corrected chi connectivity index (χ0v) is 13.1. The molecule has 0 saturated carbocycles. The van der Waals surface area contributed by atoms with Crippen LogP contribution in [0.3, 0.4) is 0 Å². The first kappa shape index (κ1) is 15.5. The minimum atomic E-state index is -0.650. The van der Waals surface area contributed by atoms with E-state index in [1.54, 1.807) is 6.07 Å². The first-order valence-electron chi connectivity index (χ1n) is 7.36. The minimum Gasteiger partial charge on any atom is -0.495 e. The summed E-state index contributed by atoms with van der Waals surface area (Å²) >= 11 is 5.93. The summed E-state index contributed by atoms with van der Waals surface area (Å²) < 4.78 is 19.4. The molecule has 22 heavy (non-hydrogen) atoms. The van der Waals surface area contributed by atoms with Gasteiger partial charge in [0.2, 0.25) is 0 Å². The maximum absolute atomic E-state index is 14.4. The van der Waals surface area contributed by atoms with Gasteiger partial charge in [-0.05, 0) is 44.0 Å². The average Bonchev–Trinajstić information content (AvgIpc) is 2.56. The van der Waals surface area contributed by atoms with Gasteiger partial charge in [0.25, 0.3) is 0 Å². The standard InChI is InChI=1S/C15H19ClFN3O2/c1-22-12-3-2-10(14(17)13(12)16)15(19-21)18-11-8-20-6-4-9(11)5-7-20/h2-3,9,11,21H,4-8H2,1H3,(H,18,19)/t11-/m0/s1. The van der Waals surface area contributed by atoms with Crippen LogP contribution in [-0.2, 0) is 0 Å². The third kappa shape index (κ3) is 2.78. The Hall–Kier alpha value is -1.37. The van der Waals surface area contributed by atoms with Crippen LogP contribution in [0.5, 0.6) is 5.75 Å². The number of benzene rings is 1. The number of halogens is 2. The van der Waals surface area contributed by atoms with E-state index in [1.165, 1.54) is 13.2 Å². The van der Waals surface area contributed by atoms with E-state index in [1.807, 2.05) is 5.48 Å².